The summed E-state index contributed by atoms with van der Waals surface area (Å²) in [5.41, 5.74) is 0. The zero-order chi connectivity index (χ0) is 14.6. The number of rotatable bonds is 6. The van der Waals surface area contributed by atoms with E-state index in [0.29, 0.717) is 18.5 Å². The Labute approximate surface area is 118 Å². The molecule has 2 aliphatic rings. The Bertz CT molecular complexity index is 295. The van der Waals surface area contributed by atoms with Crippen LogP contribution in [-0.2, 0) is 4.74 Å². The lowest BCUT2D eigenvalue weighted by atomic mass is 10.1. The lowest BCUT2D eigenvalue weighted by Crippen LogP contribution is -2.42. The summed E-state index contributed by atoms with van der Waals surface area (Å²) >= 11 is 0. The minimum atomic E-state index is -4.21. The van der Waals surface area contributed by atoms with Gasteiger partial charge >= 0.3 is 6.18 Å². The first-order valence-corrected chi connectivity index (χ1v) is 7.57. The number of hydrogen-bond acceptors (Lipinski definition) is 3. The molecule has 0 aromatic rings. The molecule has 118 valence electrons. The molecule has 1 heterocycles. The van der Waals surface area contributed by atoms with E-state index < -0.39 is 12.8 Å². The van der Waals surface area contributed by atoms with E-state index >= 15 is 0 Å². The van der Waals surface area contributed by atoms with Crippen molar-refractivity contribution in [2.24, 2.45) is 5.92 Å². The molecular weight excluding hydrogens is 269 g/mol. The topological polar surface area (TPSA) is 24.5 Å². The second-order valence-corrected chi connectivity index (χ2v) is 6.05. The third-order valence-corrected chi connectivity index (χ3v) is 4.21. The lowest BCUT2D eigenvalue weighted by molar-refractivity contribution is -0.174. The fourth-order valence-electron chi connectivity index (χ4n) is 2.84. The highest BCUT2D eigenvalue weighted by Gasteiger charge is 2.34. The van der Waals surface area contributed by atoms with Crippen LogP contribution in [0.4, 0.5) is 13.2 Å². The summed E-state index contributed by atoms with van der Waals surface area (Å²) in [7, 11) is 0. The van der Waals surface area contributed by atoms with Crippen LogP contribution in [0.3, 0.4) is 0 Å². The van der Waals surface area contributed by atoms with Gasteiger partial charge in [-0.25, -0.2) is 0 Å². The van der Waals surface area contributed by atoms with Crippen molar-refractivity contribution in [2.75, 3.05) is 32.8 Å². The molecule has 1 aliphatic carbocycles. The maximum atomic E-state index is 12.0. The van der Waals surface area contributed by atoms with Crippen LogP contribution in [0.2, 0.25) is 0 Å². The fourth-order valence-corrected chi connectivity index (χ4v) is 2.84. The van der Waals surface area contributed by atoms with Crippen LogP contribution in [0.5, 0.6) is 0 Å². The van der Waals surface area contributed by atoms with Crippen molar-refractivity contribution >= 4 is 0 Å². The smallest absolute Gasteiger partial charge is 0.372 e. The zero-order valence-electron chi connectivity index (χ0n) is 12.1. The van der Waals surface area contributed by atoms with Gasteiger partial charge in [0.1, 0.15) is 6.61 Å². The molecule has 2 atom stereocenters. The Morgan fingerprint density at radius 2 is 2.00 bits per heavy atom. The van der Waals surface area contributed by atoms with Crippen LogP contribution in [0.15, 0.2) is 0 Å². The average Bonchev–Trinajstić information content (AvgIpc) is 3.16. The van der Waals surface area contributed by atoms with Crippen molar-refractivity contribution < 1.29 is 17.9 Å². The highest BCUT2D eigenvalue weighted by Crippen LogP contribution is 2.34. The first kappa shape index (κ1) is 16.0. The summed E-state index contributed by atoms with van der Waals surface area (Å²) in [6.07, 6.45) is 0.185. The van der Waals surface area contributed by atoms with E-state index in [1.54, 1.807) is 0 Å². The third-order valence-electron chi connectivity index (χ3n) is 4.21. The van der Waals surface area contributed by atoms with Crippen molar-refractivity contribution in [3.05, 3.63) is 0 Å². The van der Waals surface area contributed by atoms with Gasteiger partial charge in [0, 0.05) is 31.8 Å². The molecule has 0 aromatic heterocycles. The first-order valence-electron chi connectivity index (χ1n) is 7.57. The standard InChI is InChI=1S/C14H25F3N2O/c1-11-5-6-18-13(12-3-4-12)9-19(11)7-2-8-20-10-14(15,16)17/h11-13,18H,2-10H2,1H3. The van der Waals surface area contributed by atoms with E-state index in [1.165, 1.54) is 12.8 Å². The molecule has 20 heavy (non-hydrogen) atoms. The minimum absolute atomic E-state index is 0.185. The van der Waals surface area contributed by atoms with Gasteiger partial charge in [-0.1, -0.05) is 0 Å². The predicted octanol–water partition coefficient (Wildman–Crippen LogP) is 2.42. The summed E-state index contributed by atoms with van der Waals surface area (Å²) in [6.45, 7) is 4.14. The van der Waals surface area contributed by atoms with Gasteiger partial charge in [-0.3, -0.25) is 4.90 Å². The zero-order valence-corrected chi connectivity index (χ0v) is 12.1. The van der Waals surface area contributed by atoms with E-state index in [9.17, 15) is 13.2 Å². The van der Waals surface area contributed by atoms with Gasteiger partial charge in [0.15, 0.2) is 0 Å². The normalized spacial score (nSPS) is 29.4. The lowest BCUT2D eigenvalue weighted by Gasteiger charge is -2.29. The molecule has 0 amide bonds. The molecule has 1 saturated carbocycles. The summed E-state index contributed by atoms with van der Waals surface area (Å²) in [5.74, 6) is 0.810. The van der Waals surface area contributed by atoms with Crippen molar-refractivity contribution in [3.63, 3.8) is 0 Å². The molecule has 0 radical (unpaired) electrons. The van der Waals surface area contributed by atoms with Gasteiger partial charge in [-0.15, -0.1) is 0 Å². The molecule has 3 nitrogen and oxygen atoms in total. The maximum Gasteiger partial charge on any atom is 0.411 e. The van der Waals surface area contributed by atoms with Crippen LogP contribution >= 0.6 is 0 Å². The third kappa shape index (κ3) is 5.58. The fraction of sp³-hybridized carbons (Fsp3) is 1.00. The molecule has 6 heteroatoms. The molecular formula is C14H25F3N2O. The number of nitrogens with one attached hydrogen (secondary N) is 1. The van der Waals surface area contributed by atoms with Crippen LogP contribution < -0.4 is 5.32 Å². The summed E-state index contributed by atoms with van der Waals surface area (Å²) in [5, 5.41) is 3.60. The van der Waals surface area contributed by atoms with Crippen LogP contribution in [-0.4, -0.2) is 56.0 Å². The number of nitrogens with zero attached hydrogens (tertiary/aromatic N) is 1. The largest absolute Gasteiger partial charge is 0.411 e. The van der Waals surface area contributed by atoms with Gasteiger partial charge in [-0.2, -0.15) is 13.2 Å². The second-order valence-electron chi connectivity index (χ2n) is 6.05. The Morgan fingerprint density at radius 3 is 2.65 bits per heavy atom. The number of alkyl halides is 3. The molecule has 0 bridgehead atoms. The van der Waals surface area contributed by atoms with E-state index in [0.717, 1.165) is 32.0 Å². The highest BCUT2D eigenvalue weighted by atomic mass is 19.4. The van der Waals surface area contributed by atoms with Crippen molar-refractivity contribution in [1.82, 2.24) is 10.2 Å². The summed E-state index contributed by atoms with van der Waals surface area (Å²) in [6, 6.07) is 1.06. The van der Waals surface area contributed by atoms with Gasteiger partial charge in [-0.05, 0) is 45.1 Å². The first-order chi connectivity index (χ1) is 9.46. The molecule has 1 saturated heterocycles. The average molecular weight is 294 g/mol. The van der Waals surface area contributed by atoms with Crippen molar-refractivity contribution in [2.45, 2.75) is 50.9 Å². The molecule has 0 spiro atoms. The second kappa shape index (κ2) is 7.09. The Balaban J connectivity index is 1.66. The monoisotopic (exact) mass is 294 g/mol. The van der Waals surface area contributed by atoms with E-state index in [2.05, 4.69) is 21.9 Å². The Morgan fingerprint density at radius 1 is 1.25 bits per heavy atom. The quantitative estimate of drug-likeness (QED) is 0.761. The van der Waals surface area contributed by atoms with Gasteiger partial charge < -0.3 is 10.1 Å². The Kier molecular flexibility index (Phi) is 5.69. The van der Waals surface area contributed by atoms with Gasteiger partial charge in [0.05, 0.1) is 0 Å². The van der Waals surface area contributed by atoms with Crippen LogP contribution in [0, 0.1) is 5.92 Å². The number of ether oxygens (including phenoxy) is 1. The van der Waals surface area contributed by atoms with E-state index in [1.807, 2.05) is 0 Å². The molecule has 2 fully saturated rings. The van der Waals surface area contributed by atoms with Crippen molar-refractivity contribution in [1.29, 1.82) is 0 Å². The summed E-state index contributed by atoms with van der Waals surface area (Å²) in [4.78, 5) is 2.40. The van der Waals surface area contributed by atoms with E-state index in [-0.39, 0.29) is 6.61 Å². The molecule has 0 aromatic carbocycles. The SMILES string of the molecule is CC1CCNC(C2CC2)CN1CCCOCC(F)(F)F. The predicted molar refractivity (Wildman–Crippen MR) is 71.7 cm³/mol. The molecule has 1 aliphatic heterocycles. The highest BCUT2D eigenvalue weighted by molar-refractivity contribution is 4.91. The number of hydrogen-bond donors (Lipinski definition) is 1. The summed E-state index contributed by atoms with van der Waals surface area (Å²) < 4.78 is 40.5. The molecule has 2 unspecified atom stereocenters. The minimum Gasteiger partial charge on any atom is -0.372 e. The maximum absolute atomic E-state index is 12.0. The van der Waals surface area contributed by atoms with Gasteiger partial charge in [0.25, 0.3) is 0 Å². The van der Waals surface area contributed by atoms with Crippen LogP contribution in [0.1, 0.15) is 32.6 Å². The molecule has 2 rings (SSSR count). The van der Waals surface area contributed by atoms with Crippen molar-refractivity contribution in [3.8, 4) is 0 Å². The van der Waals surface area contributed by atoms with E-state index in [4.69, 9.17) is 0 Å². The van der Waals surface area contributed by atoms with Gasteiger partial charge in [0.2, 0.25) is 0 Å². The Hall–Kier alpha value is -0.330. The molecule has 1 N–H and O–H groups in total. The number of halogens is 3. The van der Waals surface area contributed by atoms with Crippen LogP contribution in [0.25, 0.3) is 0 Å².